The summed E-state index contributed by atoms with van der Waals surface area (Å²) in [5.74, 6) is 0.685. The molecule has 1 unspecified atom stereocenters. The second-order valence-corrected chi connectivity index (χ2v) is 7.25. The zero-order valence-electron chi connectivity index (χ0n) is 14.9. The Morgan fingerprint density at radius 3 is 2.81 bits per heavy atom. The van der Waals surface area contributed by atoms with E-state index in [4.69, 9.17) is 4.74 Å². The molecule has 0 aliphatic carbocycles. The first-order valence-electron chi connectivity index (χ1n) is 9.00. The van der Waals surface area contributed by atoms with Crippen LogP contribution in [-0.4, -0.2) is 59.8 Å². The van der Waals surface area contributed by atoms with Crippen LogP contribution in [0.5, 0.6) is 0 Å². The number of fused-ring (bicyclic) bond motifs is 1. The van der Waals surface area contributed by atoms with Gasteiger partial charge in [0.2, 0.25) is 5.91 Å². The number of aromatic nitrogens is 2. The molecule has 0 saturated carbocycles. The van der Waals surface area contributed by atoms with Crippen molar-refractivity contribution in [2.45, 2.75) is 44.4 Å². The average Bonchev–Trinajstić information content (AvgIpc) is 2.99. The van der Waals surface area contributed by atoms with E-state index in [0.29, 0.717) is 45.1 Å². The van der Waals surface area contributed by atoms with Crippen LogP contribution in [0.2, 0.25) is 0 Å². The zero-order valence-corrected chi connectivity index (χ0v) is 14.9. The van der Waals surface area contributed by atoms with Gasteiger partial charge in [-0.15, -0.1) is 0 Å². The van der Waals surface area contributed by atoms with Gasteiger partial charge in [-0.2, -0.15) is 13.2 Å². The van der Waals surface area contributed by atoms with Crippen molar-refractivity contribution >= 4 is 5.91 Å². The molecule has 1 fully saturated rings. The molecule has 1 amide bonds. The van der Waals surface area contributed by atoms with Crippen molar-refractivity contribution < 1.29 is 22.7 Å². The van der Waals surface area contributed by atoms with Crippen molar-refractivity contribution in [1.29, 1.82) is 0 Å². The number of amides is 1. The number of nitrogens with one attached hydrogen (secondary N) is 1. The number of aryl methyl sites for hydroxylation is 1. The molecule has 26 heavy (non-hydrogen) atoms. The molecular formula is C17H25F3N4O2. The number of imidazole rings is 1. The van der Waals surface area contributed by atoms with Crippen molar-refractivity contribution in [1.82, 2.24) is 19.8 Å². The van der Waals surface area contributed by atoms with Crippen LogP contribution in [0, 0.1) is 5.92 Å². The van der Waals surface area contributed by atoms with E-state index in [0.717, 1.165) is 25.5 Å². The maximum absolute atomic E-state index is 12.8. The molecule has 0 aromatic carbocycles. The Morgan fingerprint density at radius 2 is 2.12 bits per heavy atom. The molecule has 1 saturated heterocycles. The summed E-state index contributed by atoms with van der Waals surface area (Å²) < 4.78 is 45.2. The smallest absolute Gasteiger partial charge is 0.381 e. The summed E-state index contributed by atoms with van der Waals surface area (Å²) in [6, 6.07) is 0.175. The van der Waals surface area contributed by atoms with E-state index in [1.807, 2.05) is 11.9 Å². The number of carbonyl (C=O) groups is 1. The van der Waals surface area contributed by atoms with E-state index in [2.05, 4.69) is 10.3 Å². The third-order valence-corrected chi connectivity index (χ3v) is 4.95. The number of carbonyl (C=O) groups excluding carboxylic acids is 1. The minimum atomic E-state index is -4.40. The molecular weight excluding hydrogens is 349 g/mol. The molecule has 0 bridgehead atoms. The summed E-state index contributed by atoms with van der Waals surface area (Å²) in [6.45, 7) is 2.81. The molecule has 1 N–H and O–H groups in total. The van der Waals surface area contributed by atoms with E-state index in [1.165, 1.54) is 0 Å². The van der Waals surface area contributed by atoms with Crippen molar-refractivity contribution in [2.24, 2.45) is 5.92 Å². The molecule has 1 aromatic rings. The summed E-state index contributed by atoms with van der Waals surface area (Å²) in [5.41, 5.74) is -0.822. The first-order valence-corrected chi connectivity index (χ1v) is 9.00. The standard InChI is InChI=1S/C17H25F3N4O2/c1-23(11-16(25)21-13-4-6-26-7-5-13)8-12-2-3-15-22-14(17(18,19)20)10-24(15)9-12/h10,12-13H,2-9,11H2,1H3,(H,21,25). The second kappa shape index (κ2) is 7.96. The first-order chi connectivity index (χ1) is 12.3. The lowest BCUT2D eigenvalue weighted by atomic mass is 9.99. The van der Waals surface area contributed by atoms with Gasteiger partial charge in [-0.3, -0.25) is 9.69 Å². The van der Waals surface area contributed by atoms with Crippen LogP contribution in [0.25, 0.3) is 0 Å². The summed E-state index contributed by atoms with van der Waals surface area (Å²) in [4.78, 5) is 17.8. The Morgan fingerprint density at radius 1 is 1.38 bits per heavy atom. The Hall–Kier alpha value is -1.61. The lowest BCUT2D eigenvalue weighted by Gasteiger charge is -2.28. The Kier molecular flexibility index (Phi) is 5.86. The number of rotatable bonds is 5. The number of likely N-dealkylation sites (N-methyl/N-ethyl adjacent to an activating group) is 1. The van der Waals surface area contributed by atoms with E-state index in [9.17, 15) is 18.0 Å². The Balaban J connectivity index is 1.47. The predicted octanol–water partition coefficient (Wildman–Crippen LogP) is 1.69. The number of hydrogen-bond donors (Lipinski definition) is 1. The fourth-order valence-electron chi connectivity index (χ4n) is 3.67. The third kappa shape index (κ3) is 4.97. The average molecular weight is 374 g/mol. The normalized spacial score (nSPS) is 21.7. The van der Waals surface area contributed by atoms with Gasteiger partial charge in [-0.05, 0) is 32.2 Å². The molecule has 0 spiro atoms. The van der Waals surface area contributed by atoms with Crippen LogP contribution in [0.3, 0.4) is 0 Å². The summed E-state index contributed by atoms with van der Waals surface area (Å²) in [5, 5.41) is 3.02. The van der Waals surface area contributed by atoms with Crippen LogP contribution < -0.4 is 5.32 Å². The highest BCUT2D eigenvalue weighted by molar-refractivity contribution is 5.78. The number of hydrogen-bond acceptors (Lipinski definition) is 4. The maximum Gasteiger partial charge on any atom is 0.434 e. The van der Waals surface area contributed by atoms with Crippen LogP contribution in [0.4, 0.5) is 13.2 Å². The first kappa shape index (κ1) is 19.2. The fourth-order valence-corrected chi connectivity index (χ4v) is 3.67. The number of ether oxygens (including phenoxy) is 1. The summed E-state index contributed by atoms with van der Waals surface area (Å²) in [7, 11) is 1.87. The van der Waals surface area contributed by atoms with Gasteiger partial charge >= 0.3 is 6.18 Å². The molecule has 1 atom stereocenters. The van der Waals surface area contributed by atoms with Gasteiger partial charge in [0.05, 0.1) is 6.54 Å². The van der Waals surface area contributed by atoms with Gasteiger partial charge in [-0.25, -0.2) is 4.98 Å². The van der Waals surface area contributed by atoms with Crippen LogP contribution >= 0.6 is 0 Å². The zero-order chi connectivity index (χ0) is 18.7. The molecule has 6 nitrogen and oxygen atoms in total. The molecule has 2 aliphatic rings. The van der Waals surface area contributed by atoms with Gasteiger partial charge < -0.3 is 14.6 Å². The highest BCUT2D eigenvalue weighted by Crippen LogP contribution is 2.30. The number of alkyl halides is 3. The molecule has 1 aromatic heterocycles. The van der Waals surface area contributed by atoms with E-state index < -0.39 is 11.9 Å². The van der Waals surface area contributed by atoms with Crippen molar-refractivity contribution in [3.8, 4) is 0 Å². The van der Waals surface area contributed by atoms with Gasteiger partial charge in [-0.1, -0.05) is 0 Å². The Labute approximate surface area is 150 Å². The lowest BCUT2D eigenvalue weighted by molar-refractivity contribution is -0.141. The molecule has 3 rings (SSSR count). The summed E-state index contributed by atoms with van der Waals surface area (Å²) >= 11 is 0. The van der Waals surface area contributed by atoms with Crippen molar-refractivity contribution in [2.75, 3.05) is 33.4 Å². The lowest BCUT2D eigenvalue weighted by Crippen LogP contribution is -2.44. The topological polar surface area (TPSA) is 59.4 Å². The minimum absolute atomic E-state index is 0.0158. The summed E-state index contributed by atoms with van der Waals surface area (Å²) in [6.07, 6.45) is -0.326. The van der Waals surface area contributed by atoms with E-state index in [-0.39, 0.29) is 17.9 Å². The number of halogens is 3. The molecule has 0 radical (unpaired) electrons. The SMILES string of the molecule is CN(CC(=O)NC1CCOCC1)CC1CCc2nc(C(F)(F)F)cn2C1. The minimum Gasteiger partial charge on any atom is -0.381 e. The maximum atomic E-state index is 12.8. The van der Waals surface area contributed by atoms with Gasteiger partial charge in [0.15, 0.2) is 5.69 Å². The monoisotopic (exact) mass is 374 g/mol. The second-order valence-electron chi connectivity index (χ2n) is 7.25. The van der Waals surface area contributed by atoms with Crippen molar-refractivity contribution in [3.05, 3.63) is 17.7 Å². The highest BCUT2D eigenvalue weighted by atomic mass is 19.4. The fraction of sp³-hybridized carbons (Fsp3) is 0.765. The van der Waals surface area contributed by atoms with Gasteiger partial charge in [0.1, 0.15) is 5.82 Å². The quantitative estimate of drug-likeness (QED) is 0.852. The predicted molar refractivity (Wildman–Crippen MR) is 88.5 cm³/mol. The molecule has 2 aliphatic heterocycles. The molecule has 3 heterocycles. The number of nitrogens with zero attached hydrogens (tertiary/aromatic N) is 3. The third-order valence-electron chi connectivity index (χ3n) is 4.95. The highest BCUT2D eigenvalue weighted by Gasteiger charge is 2.35. The van der Waals surface area contributed by atoms with Crippen LogP contribution in [0.1, 0.15) is 30.8 Å². The molecule has 9 heteroatoms. The van der Waals surface area contributed by atoms with E-state index >= 15 is 0 Å². The van der Waals surface area contributed by atoms with Crippen LogP contribution in [-0.2, 0) is 28.7 Å². The Bertz CT molecular complexity index is 626. The van der Waals surface area contributed by atoms with Gasteiger partial charge in [0, 0.05) is 45.0 Å². The molecule has 146 valence electrons. The van der Waals surface area contributed by atoms with Gasteiger partial charge in [0.25, 0.3) is 0 Å². The van der Waals surface area contributed by atoms with E-state index in [1.54, 1.807) is 4.57 Å². The largest absolute Gasteiger partial charge is 0.434 e. The van der Waals surface area contributed by atoms with Crippen molar-refractivity contribution in [3.63, 3.8) is 0 Å². The van der Waals surface area contributed by atoms with Crippen LogP contribution in [0.15, 0.2) is 6.20 Å².